The van der Waals surface area contributed by atoms with E-state index in [2.05, 4.69) is 10.5 Å². The highest BCUT2D eigenvalue weighted by Crippen LogP contribution is 2.41. The molecule has 0 bridgehead atoms. The van der Waals surface area contributed by atoms with Crippen LogP contribution in [0.2, 0.25) is 0 Å². The summed E-state index contributed by atoms with van der Waals surface area (Å²) in [5, 5.41) is 6.68. The summed E-state index contributed by atoms with van der Waals surface area (Å²) in [5.74, 6) is 0.292. The number of imide groups is 1. The van der Waals surface area contributed by atoms with Crippen LogP contribution in [-0.4, -0.2) is 22.0 Å². The molecule has 112 valence electrons. The third kappa shape index (κ3) is 1.70. The third-order valence-electron chi connectivity index (χ3n) is 4.41. The number of nitrogens with zero attached hydrogens (tertiary/aromatic N) is 2. The zero-order valence-corrected chi connectivity index (χ0v) is 12.1. The molecule has 1 aliphatic carbocycles. The summed E-state index contributed by atoms with van der Waals surface area (Å²) in [7, 11) is 0. The number of urea groups is 1. The zero-order valence-electron chi connectivity index (χ0n) is 12.1. The van der Waals surface area contributed by atoms with Crippen LogP contribution in [0.25, 0.3) is 0 Å². The van der Waals surface area contributed by atoms with Gasteiger partial charge < -0.3 is 9.84 Å². The number of nitrogens with one attached hydrogen (secondary N) is 1. The molecule has 1 atom stereocenters. The molecule has 1 aliphatic heterocycles. The van der Waals surface area contributed by atoms with Crippen LogP contribution in [0.1, 0.15) is 29.0 Å². The van der Waals surface area contributed by atoms with Crippen LogP contribution in [-0.2, 0) is 23.3 Å². The number of aromatic nitrogens is 1. The molecule has 1 aromatic carbocycles. The van der Waals surface area contributed by atoms with E-state index in [9.17, 15) is 9.59 Å². The van der Waals surface area contributed by atoms with Crippen molar-refractivity contribution in [2.45, 2.75) is 31.8 Å². The van der Waals surface area contributed by atoms with Crippen molar-refractivity contribution in [2.75, 3.05) is 0 Å². The lowest BCUT2D eigenvalue weighted by Crippen LogP contribution is -2.41. The van der Waals surface area contributed by atoms with Crippen molar-refractivity contribution in [1.29, 1.82) is 0 Å². The number of rotatable bonds is 2. The zero-order chi connectivity index (χ0) is 15.3. The minimum Gasteiger partial charge on any atom is -0.359 e. The molecule has 22 heavy (non-hydrogen) atoms. The molecule has 6 nitrogen and oxygen atoms in total. The molecule has 1 N–H and O–H groups in total. The second kappa shape index (κ2) is 4.43. The number of carbonyl (C=O) groups is 2. The van der Waals surface area contributed by atoms with Gasteiger partial charge in [0.05, 0.1) is 12.2 Å². The van der Waals surface area contributed by atoms with Crippen LogP contribution in [0, 0.1) is 6.92 Å². The molecule has 2 heterocycles. The van der Waals surface area contributed by atoms with Crippen LogP contribution in [0.15, 0.2) is 34.9 Å². The molecule has 1 fully saturated rings. The number of amides is 3. The quantitative estimate of drug-likeness (QED) is 0.859. The Morgan fingerprint density at radius 2 is 2.18 bits per heavy atom. The maximum absolute atomic E-state index is 12.9. The largest absolute Gasteiger partial charge is 0.359 e. The predicted molar refractivity (Wildman–Crippen MR) is 76.8 cm³/mol. The fourth-order valence-electron chi connectivity index (χ4n) is 3.38. The lowest BCUT2D eigenvalue weighted by molar-refractivity contribution is -0.132. The summed E-state index contributed by atoms with van der Waals surface area (Å²) < 4.78 is 5.12. The lowest BCUT2D eigenvalue weighted by atomic mass is 9.92. The van der Waals surface area contributed by atoms with E-state index in [0.717, 1.165) is 23.2 Å². The molecule has 1 unspecified atom stereocenters. The molecule has 3 amide bonds. The van der Waals surface area contributed by atoms with Crippen molar-refractivity contribution in [1.82, 2.24) is 15.4 Å². The Balaban J connectivity index is 1.68. The van der Waals surface area contributed by atoms with Gasteiger partial charge in [0.15, 0.2) is 5.76 Å². The van der Waals surface area contributed by atoms with Crippen molar-refractivity contribution >= 4 is 11.9 Å². The Morgan fingerprint density at radius 3 is 2.95 bits per heavy atom. The normalized spacial score (nSPS) is 23.2. The van der Waals surface area contributed by atoms with E-state index in [1.807, 2.05) is 24.3 Å². The second-order valence-corrected chi connectivity index (χ2v) is 5.82. The summed E-state index contributed by atoms with van der Waals surface area (Å²) in [6.45, 7) is 1.91. The highest BCUT2D eigenvalue weighted by atomic mass is 16.5. The van der Waals surface area contributed by atoms with E-state index in [0.29, 0.717) is 12.2 Å². The van der Waals surface area contributed by atoms with Crippen molar-refractivity contribution < 1.29 is 14.1 Å². The summed E-state index contributed by atoms with van der Waals surface area (Å²) in [5.41, 5.74) is 1.84. The average molecular weight is 297 g/mol. The summed E-state index contributed by atoms with van der Waals surface area (Å²) in [6.07, 6.45) is 1.39. The van der Waals surface area contributed by atoms with E-state index < -0.39 is 5.54 Å². The number of aryl methyl sites for hydroxylation is 2. The molecule has 4 rings (SSSR count). The Bertz CT molecular complexity index is 782. The van der Waals surface area contributed by atoms with Gasteiger partial charge in [-0.3, -0.25) is 9.69 Å². The number of carbonyl (C=O) groups excluding carboxylic acids is 2. The standard InChI is InChI=1S/C16H15N3O3/c1-10-8-12(22-18-10)9-19-14(20)16(17-15(19)21)7-6-11-4-2-3-5-13(11)16/h2-5,8H,6-7,9H2,1H3,(H,17,21). The maximum atomic E-state index is 12.9. The van der Waals surface area contributed by atoms with Crippen LogP contribution >= 0.6 is 0 Å². The fraction of sp³-hybridized carbons (Fsp3) is 0.312. The van der Waals surface area contributed by atoms with Crippen LogP contribution in [0.3, 0.4) is 0 Å². The third-order valence-corrected chi connectivity index (χ3v) is 4.41. The van der Waals surface area contributed by atoms with E-state index in [1.165, 1.54) is 4.90 Å². The highest BCUT2D eigenvalue weighted by molar-refractivity contribution is 6.08. The number of hydrogen-bond donors (Lipinski definition) is 1. The van der Waals surface area contributed by atoms with Gasteiger partial charge in [-0.25, -0.2) is 4.79 Å². The maximum Gasteiger partial charge on any atom is 0.325 e. The number of hydrogen-bond acceptors (Lipinski definition) is 4. The molecule has 1 aromatic heterocycles. The van der Waals surface area contributed by atoms with Gasteiger partial charge in [-0.2, -0.15) is 0 Å². The van der Waals surface area contributed by atoms with E-state index in [1.54, 1.807) is 13.0 Å². The minimum absolute atomic E-state index is 0.107. The van der Waals surface area contributed by atoms with Crippen molar-refractivity contribution in [2.24, 2.45) is 0 Å². The first-order valence-corrected chi connectivity index (χ1v) is 7.25. The SMILES string of the molecule is Cc1cc(CN2C(=O)NC3(CCc4ccccc43)C2=O)on1. The Kier molecular flexibility index (Phi) is 2.63. The molecule has 2 aliphatic rings. The molecular weight excluding hydrogens is 282 g/mol. The second-order valence-electron chi connectivity index (χ2n) is 5.82. The Morgan fingerprint density at radius 1 is 1.36 bits per heavy atom. The molecule has 0 saturated carbocycles. The van der Waals surface area contributed by atoms with Crippen LogP contribution < -0.4 is 5.32 Å². The first-order chi connectivity index (χ1) is 10.6. The van der Waals surface area contributed by atoms with Crippen molar-refractivity contribution in [3.63, 3.8) is 0 Å². The van der Waals surface area contributed by atoms with Gasteiger partial charge >= 0.3 is 6.03 Å². The fourth-order valence-corrected chi connectivity index (χ4v) is 3.38. The number of fused-ring (bicyclic) bond motifs is 2. The van der Waals surface area contributed by atoms with Gasteiger partial charge in [0.1, 0.15) is 5.54 Å². The Hall–Kier alpha value is -2.63. The average Bonchev–Trinajstić information content (AvgIpc) is 3.15. The predicted octanol–water partition coefficient (Wildman–Crippen LogP) is 1.88. The van der Waals surface area contributed by atoms with Crippen LogP contribution in [0.5, 0.6) is 0 Å². The molecule has 0 radical (unpaired) electrons. The van der Waals surface area contributed by atoms with Gasteiger partial charge in [0.25, 0.3) is 5.91 Å². The first-order valence-electron chi connectivity index (χ1n) is 7.25. The van der Waals surface area contributed by atoms with Crippen LogP contribution in [0.4, 0.5) is 4.79 Å². The van der Waals surface area contributed by atoms with Gasteiger partial charge in [-0.05, 0) is 30.9 Å². The van der Waals surface area contributed by atoms with E-state index in [-0.39, 0.29) is 18.5 Å². The van der Waals surface area contributed by atoms with Crippen molar-refractivity contribution in [3.8, 4) is 0 Å². The molecular formula is C16H15N3O3. The minimum atomic E-state index is -0.914. The topological polar surface area (TPSA) is 75.4 Å². The molecule has 1 spiro atoms. The Labute approximate surface area is 127 Å². The van der Waals surface area contributed by atoms with Crippen molar-refractivity contribution in [3.05, 3.63) is 52.9 Å². The smallest absolute Gasteiger partial charge is 0.325 e. The molecule has 6 heteroatoms. The van der Waals surface area contributed by atoms with Gasteiger partial charge in [-0.1, -0.05) is 29.4 Å². The van der Waals surface area contributed by atoms with Gasteiger partial charge in [0.2, 0.25) is 0 Å². The molecule has 1 saturated heterocycles. The molecule has 2 aromatic rings. The van der Waals surface area contributed by atoms with E-state index in [4.69, 9.17) is 4.52 Å². The van der Waals surface area contributed by atoms with E-state index >= 15 is 0 Å². The summed E-state index contributed by atoms with van der Waals surface area (Å²) in [6, 6.07) is 9.13. The summed E-state index contributed by atoms with van der Waals surface area (Å²) in [4.78, 5) is 26.4. The number of benzene rings is 1. The van der Waals surface area contributed by atoms with Gasteiger partial charge in [-0.15, -0.1) is 0 Å². The monoisotopic (exact) mass is 297 g/mol. The first kappa shape index (κ1) is 13.1. The summed E-state index contributed by atoms with van der Waals surface area (Å²) >= 11 is 0. The highest BCUT2D eigenvalue weighted by Gasteiger charge is 2.55. The van der Waals surface area contributed by atoms with Gasteiger partial charge in [0, 0.05) is 6.07 Å². The lowest BCUT2D eigenvalue weighted by Gasteiger charge is -2.22.